The lowest BCUT2D eigenvalue weighted by Crippen LogP contribution is -2.53. The lowest BCUT2D eigenvalue weighted by atomic mass is 9.70. The summed E-state index contributed by atoms with van der Waals surface area (Å²) >= 11 is 0. The molecule has 3 aliphatic rings. The fraction of sp³-hybridized carbons (Fsp3) is 1.00. The second-order valence-electron chi connectivity index (χ2n) is 7.20. The van der Waals surface area contributed by atoms with Gasteiger partial charge in [0.1, 0.15) is 0 Å². The van der Waals surface area contributed by atoms with E-state index in [1.54, 1.807) is 0 Å². The minimum atomic E-state index is -0.531. The summed E-state index contributed by atoms with van der Waals surface area (Å²) in [5, 5.41) is 11.1. The molecule has 0 radical (unpaired) electrons. The third kappa shape index (κ3) is 2.70. The molecule has 110 valence electrons. The molecule has 3 heteroatoms. The lowest BCUT2D eigenvalue weighted by Gasteiger charge is -2.49. The first-order valence-electron chi connectivity index (χ1n) is 8.03. The molecule has 2 heterocycles. The van der Waals surface area contributed by atoms with E-state index in [4.69, 9.17) is 9.47 Å². The van der Waals surface area contributed by atoms with Gasteiger partial charge in [0.2, 0.25) is 0 Å². The van der Waals surface area contributed by atoms with E-state index >= 15 is 0 Å². The van der Waals surface area contributed by atoms with Gasteiger partial charge in [-0.15, -0.1) is 0 Å². The maximum absolute atomic E-state index is 11.1. The Bertz CT molecular complexity index is 312. The molecule has 2 saturated heterocycles. The minimum absolute atomic E-state index is 0.101. The van der Waals surface area contributed by atoms with E-state index in [0.29, 0.717) is 5.92 Å². The van der Waals surface area contributed by atoms with Crippen molar-refractivity contribution in [1.82, 2.24) is 0 Å². The Morgan fingerprint density at radius 3 is 2.26 bits per heavy atom. The molecule has 1 aliphatic carbocycles. The van der Waals surface area contributed by atoms with Crippen LogP contribution in [0.5, 0.6) is 0 Å². The summed E-state index contributed by atoms with van der Waals surface area (Å²) in [4.78, 5) is 0. The Hall–Kier alpha value is -0.120. The van der Waals surface area contributed by atoms with Crippen molar-refractivity contribution in [3.63, 3.8) is 0 Å². The van der Waals surface area contributed by atoms with Gasteiger partial charge in [0.05, 0.1) is 23.4 Å². The summed E-state index contributed by atoms with van der Waals surface area (Å²) in [6.07, 6.45) is 8.98. The van der Waals surface area contributed by atoms with E-state index in [1.165, 1.54) is 25.7 Å². The third-order valence-corrected chi connectivity index (χ3v) is 5.51. The summed E-state index contributed by atoms with van der Waals surface area (Å²) in [5.74, 6) is 0.396. The van der Waals surface area contributed by atoms with Crippen molar-refractivity contribution in [3.8, 4) is 0 Å². The molecule has 0 bridgehead atoms. The van der Waals surface area contributed by atoms with Gasteiger partial charge in [-0.2, -0.15) is 0 Å². The Morgan fingerprint density at radius 1 is 1.00 bits per heavy atom. The molecule has 1 N–H and O–H groups in total. The molecule has 2 aliphatic heterocycles. The molecule has 3 unspecified atom stereocenters. The lowest BCUT2D eigenvalue weighted by molar-refractivity contribution is -0.191. The molecule has 19 heavy (non-hydrogen) atoms. The smallest absolute Gasteiger partial charge is 0.0726 e. The van der Waals surface area contributed by atoms with Gasteiger partial charge in [0.15, 0.2) is 0 Å². The van der Waals surface area contributed by atoms with Gasteiger partial charge in [-0.3, -0.25) is 0 Å². The van der Waals surface area contributed by atoms with Gasteiger partial charge >= 0.3 is 0 Å². The number of hydrogen-bond acceptors (Lipinski definition) is 3. The maximum atomic E-state index is 11.1. The highest BCUT2D eigenvalue weighted by Crippen LogP contribution is 2.48. The van der Waals surface area contributed by atoms with Crippen molar-refractivity contribution < 1.29 is 14.6 Å². The highest BCUT2D eigenvalue weighted by atomic mass is 16.5. The maximum Gasteiger partial charge on any atom is 0.0726 e. The number of aliphatic hydroxyl groups is 1. The van der Waals surface area contributed by atoms with Crippen LogP contribution < -0.4 is 0 Å². The summed E-state index contributed by atoms with van der Waals surface area (Å²) in [7, 11) is 0. The predicted molar refractivity (Wildman–Crippen MR) is 74.1 cm³/mol. The fourth-order valence-electron chi connectivity index (χ4n) is 4.76. The SMILES string of the molecule is CC1CC(O)(C2CCOC3(CCCC3)C2)CC(C)O1. The molecule has 3 rings (SSSR count). The van der Waals surface area contributed by atoms with Crippen molar-refractivity contribution in [3.05, 3.63) is 0 Å². The van der Waals surface area contributed by atoms with E-state index in [0.717, 1.165) is 32.3 Å². The van der Waals surface area contributed by atoms with E-state index in [-0.39, 0.29) is 17.8 Å². The molecular formula is C16H28O3. The topological polar surface area (TPSA) is 38.7 Å². The molecule has 3 fully saturated rings. The quantitative estimate of drug-likeness (QED) is 0.794. The van der Waals surface area contributed by atoms with E-state index in [2.05, 4.69) is 13.8 Å². The second kappa shape index (κ2) is 5.01. The van der Waals surface area contributed by atoms with Crippen LogP contribution in [0, 0.1) is 5.92 Å². The van der Waals surface area contributed by atoms with Crippen molar-refractivity contribution in [2.45, 2.75) is 88.6 Å². The molecule has 0 aromatic carbocycles. The normalized spacial score (nSPS) is 46.6. The van der Waals surface area contributed by atoms with Gasteiger partial charge in [-0.05, 0) is 45.4 Å². The minimum Gasteiger partial charge on any atom is -0.389 e. The first-order valence-corrected chi connectivity index (χ1v) is 8.03. The van der Waals surface area contributed by atoms with Gasteiger partial charge in [0, 0.05) is 19.4 Å². The predicted octanol–water partition coefficient (Wildman–Crippen LogP) is 3.04. The first kappa shape index (κ1) is 13.8. The first-order chi connectivity index (χ1) is 9.01. The van der Waals surface area contributed by atoms with Crippen LogP contribution in [0.1, 0.15) is 65.2 Å². The molecule has 1 saturated carbocycles. The van der Waals surface area contributed by atoms with Crippen LogP contribution >= 0.6 is 0 Å². The summed E-state index contributed by atoms with van der Waals surface area (Å²) in [5.41, 5.74) is -0.431. The fourth-order valence-corrected chi connectivity index (χ4v) is 4.76. The molecular weight excluding hydrogens is 240 g/mol. The highest BCUT2D eigenvalue weighted by molar-refractivity contribution is 5.00. The Morgan fingerprint density at radius 2 is 1.63 bits per heavy atom. The standard InChI is InChI=1S/C16H28O3/c1-12-9-16(17,10-13(2)19-12)14-5-8-18-15(11-14)6-3-4-7-15/h12-14,17H,3-11H2,1-2H3. The molecule has 0 aromatic rings. The van der Waals surface area contributed by atoms with Crippen LogP contribution in [0.2, 0.25) is 0 Å². The zero-order chi connectivity index (χ0) is 13.5. The van der Waals surface area contributed by atoms with E-state index < -0.39 is 5.60 Å². The van der Waals surface area contributed by atoms with Crippen LogP contribution in [0.15, 0.2) is 0 Å². The van der Waals surface area contributed by atoms with Gasteiger partial charge in [-0.1, -0.05) is 12.8 Å². The van der Waals surface area contributed by atoms with Crippen molar-refractivity contribution >= 4 is 0 Å². The van der Waals surface area contributed by atoms with E-state index in [9.17, 15) is 5.11 Å². The number of ether oxygens (including phenoxy) is 2. The second-order valence-corrected chi connectivity index (χ2v) is 7.20. The van der Waals surface area contributed by atoms with Gasteiger partial charge in [-0.25, -0.2) is 0 Å². The van der Waals surface area contributed by atoms with Crippen LogP contribution in [0.4, 0.5) is 0 Å². The zero-order valence-corrected chi connectivity index (χ0v) is 12.4. The number of rotatable bonds is 1. The monoisotopic (exact) mass is 268 g/mol. The average Bonchev–Trinajstić information content (AvgIpc) is 2.75. The van der Waals surface area contributed by atoms with Crippen molar-refractivity contribution in [2.75, 3.05) is 6.61 Å². The van der Waals surface area contributed by atoms with Crippen LogP contribution in [0.25, 0.3) is 0 Å². The van der Waals surface area contributed by atoms with E-state index in [1.807, 2.05) is 0 Å². The van der Waals surface area contributed by atoms with Crippen LogP contribution in [0.3, 0.4) is 0 Å². The van der Waals surface area contributed by atoms with Crippen molar-refractivity contribution in [1.29, 1.82) is 0 Å². The van der Waals surface area contributed by atoms with Gasteiger partial charge in [0.25, 0.3) is 0 Å². The average molecular weight is 268 g/mol. The molecule has 1 spiro atoms. The Labute approximate surface area is 116 Å². The summed E-state index contributed by atoms with van der Waals surface area (Å²) in [6.45, 7) is 5.01. The molecule has 0 amide bonds. The Balaban J connectivity index is 1.73. The van der Waals surface area contributed by atoms with Gasteiger partial charge < -0.3 is 14.6 Å². The molecule has 3 atom stereocenters. The molecule has 0 aromatic heterocycles. The molecule has 3 nitrogen and oxygen atoms in total. The highest BCUT2D eigenvalue weighted by Gasteiger charge is 2.49. The van der Waals surface area contributed by atoms with Crippen molar-refractivity contribution in [2.24, 2.45) is 5.92 Å². The van der Waals surface area contributed by atoms with Crippen LogP contribution in [-0.2, 0) is 9.47 Å². The Kier molecular flexibility index (Phi) is 3.65. The summed E-state index contributed by atoms with van der Waals surface area (Å²) < 4.78 is 11.9. The number of hydrogen-bond donors (Lipinski definition) is 1. The zero-order valence-electron chi connectivity index (χ0n) is 12.4. The largest absolute Gasteiger partial charge is 0.389 e. The van der Waals surface area contributed by atoms with Crippen LogP contribution in [-0.4, -0.2) is 35.1 Å². The third-order valence-electron chi connectivity index (χ3n) is 5.51. The summed E-state index contributed by atoms with van der Waals surface area (Å²) in [6, 6.07) is 0.